The number of nitrogens with two attached hydrogens (primary N) is 1. The van der Waals surface area contributed by atoms with E-state index in [9.17, 15) is 4.79 Å². The summed E-state index contributed by atoms with van der Waals surface area (Å²) in [6.45, 7) is 2.74. The van der Waals surface area contributed by atoms with E-state index in [2.05, 4.69) is 6.92 Å². The fourth-order valence-electron chi connectivity index (χ4n) is 2.63. The predicted molar refractivity (Wildman–Crippen MR) is 63.7 cm³/mol. The van der Waals surface area contributed by atoms with E-state index in [4.69, 9.17) is 5.73 Å². The molecule has 0 spiro atoms. The zero-order valence-corrected chi connectivity index (χ0v) is 10.1. The first-order valence-corrected chi connectivity index (χ1v) is 6.48. The lowest BCUT2D eigenvalue weighted by atomic mass is 9.70. The average molecular weight is 211 g/mol. The van der Waals surface area contributed by atoms with E-state index in [-0.39, 0.29) is 5.41 Å². The summed E-state index contributed by atoms with van der Waals surface area (Å²) in [6.07, 6.45) is 9.90. The van der Waals surface area contributed by atoms with E-state index in [0.29, 0.717) is 12.3 Å². The number of Topliss-reactive ketones (excluding diaryl/α,β-unsaturated/α-hetero) is 1. The quantitative estimate of drug-likeness (QED) is 0.686. The Labute approximate surface area is 93.6 Å². The number of carbonyl (C=O) groups is 1. The van der Waals surface area contributed by atoms with Crippen LogP contribution in [0.15, 0.2) is 0 Å². The molecule has 0 aliphatic heterocycles. The van der Waals surface area contributed by atoms with Crippen LogP contribution in [0.5, 0.6) is 0 Å². The summed E-state index contributed by atoms with van der Waals surface area (Å²) in [5.41, 5.74) is 5.69. The van der Waals surface area contributed by atoms with Crippen LogP contribution in [0.1, 0.15) is 64.7 Å². The lowest BCUT2D eigenvalue weighted by Crippen LogP contribution is -2.40. The number of unbranched alkanes of at least 4 members (excludes halogenated alkanes) is 2. The Bertz CT molecular complexity index is 195. The fourth-order valence-corrected chi connectivity index (χ4v) is 2.63. The van der Waals surface area contributed by atoms with Crippen LogP contribution >= 0.6 is 0 Å². The largest absolute Gasteiger partial charge is 0.329 e. The Hall–Kier alpha value is -0.370. The maximum Gasteiger partial charge on any atom is 0.140 e. The van der Waals surface area contributed by atoms with Crippen molar-refractivity contribution in [2.45, 2.75) is 64.7 Å². The Morgan fingerprint density at radius 1 is 1.20 bits per heavy atom. The van der Waals surface area contributed by atoms with Crippen LogP contribution < -0.4 is 5.73 Å². The first kappa shape index (κ1) is 12.7. The molecule has 1 saturated carbocycles. The maximum absolute atomic E-state index is 12.1. The number of hydrogen-bond donors (Lipinski definition) is 1. The van der Waals surface area contributed by atoms with Crippen molar-refractivity contribution in [2.75, 3.05) is 6.54 Å². The van der Waals surface area contributed by atoms with E-state index in [1.165, 1.54) is 32.1 Å². The summed E-state index contributed by atoms with van der Waals surface area (Å²) in [5.74, 6) is 0.443. The minimum Gasteiger partial charge on any atom is -0.329 e. The molecule has 0 aromatic carbocycles. The molecule has 0 atom stereocenters. The maximum atomic E-state index is 12.1. The minimum atomic E-state index is -0.133. The van der Waals surface area contributed by atoms with Gasteiger partial charge in [0.1, 0.15) is 5.78 Å². The van der Waals surface area contributed by atoms with Gasteiger partial charge in [0.25, 0.3) is 0 Å². The van der Waals surface area contributed by atoms with Crippen LogP contribution in [0.4, 0.5) is 0 Å². The van der Waals surface area contributed by atoms with Crippen molar-refractivity contribution >= 4 is 5.78 Å². The molecule has 2 N–H and O–H groups in total. The molecule has 0 amide bonds. The molecule has 0 unspecified atom stereocenters. The molecule has 2 nitrogen and oxygen atoms in total. The SMILES string of the molecule is CCCCCC(=O)C1(CN)CCCCC1. The van der Waals surface area contributed by atoms with Gasteiger partial charge in [-0.1, -0.05) is 39.0 Å². The van der Waals surface area contributed by atoms with E-state index in [0.717, 1.165) is 25.7 Å². The first-order valence-electron chi connectivity index (χ1n) is 6.48. The molecule has 0 aromatic heterocycles. The van der Waals surface area contributed by atoms with Crippen molar-refractivity contribution in [3.05, 3.63) is 0 Å². The summed E-state index contributed by atoms with van der Waals surface area (Å²) in [6, 6.07) is 0. The van der Waals surface area contributed by atoms with Gasteiger partial charge in [0.05, 0.1) is 0 Å². The summed E-state index contributed by atoms with van der Waals surface area (Å²) in [7, 11) is 0. The zero-order valence-electron chi connectivity index (χ0n) is 10.1. The van der Waals surface area contributed by atoms with Gasteiger partial charge >= 0.3 is 0 Å². The smallest absolute Gasteiger partial charge is 0.140 e. The minimum absolute atomic E-state index is 0.133. The predicted octanol–water partition coefficient (Wildman–Crippen LogP) is 3.05. The molecule has 0 heterocycles. The van der Waals surface area contributed by atoms with Crippen molar-refractivity contribution < 1.29 is 4.79 Å². The molecule has 15 heavy (non-hydrogen) atoms. The van der Waals surface area contributed by atoms with Gasteiger partial charge in [-0.3, -0.25) is 4.79 Å². The van der Waals surface area contributed by atoms with Crippen molar-refractivity contribution in [1.82, 2.24) is 0 Å². The number of carbonyl (C=O) groups excluding carboxylic acids is 1. The number of rotatable bonds is 6. The van der Waals surface area contributed by atoms with Crippen molar-refractivity contribution in [3.63, 3.8) is 0 Å². The molecule has 1 aliphatic carbocycles. The van der Waals surface area contributed by atoms with E-state index < -0.39 is 0 Å². The topological polar surface area (TPSA) is 43.1 Å². The third-order valence-electron chi connectivity index (χ3n) is 3.80. The van der Waals surface area contributed by atoms with Crippen LogP contribution in [0.3, 0.4) is 0 Å². The second-order valence-corrected chi connectivity index (χ2v) is 4.93. The Kier molecular flexibility index (Phi) is 5.30. The molecule has 1 aliphatic rings. The highest BCUT2D eigenvalue weighted by Crippen LogP contribution is 2.37. The molecule has 2 heteroatoms. The summed E-state index contributed by atoms with van der Waals surface area (Å²) < 4.78 is 0. The third kappa shape index (κ3) is 3.30. The van der Waals surface area contributed by atoms with Gasteiger partial charge in [0, 0.05) is 18.4 Å². The number of hydrogen-bond acceptors (Lipinski definition) is 2. The Morgan fingerprint density at radius 2 is 1.87 bits per heavy atom. The Morgan fingerprint density at radius 3 is 2.40 bits per heavy atom. The molecular weight excluding hydrogens is 186 g/mol. The van der Waals surface area contributed by atoms with E-state index >= 15 is 0 Å². The molecular formula is C13H25NO. The van der Waals surface area contributed by atoms with Crippen LogP contribution in [0, 0.1) is 5.41 Å². The van der Waals surface area contributed by atoms with E-state index in [1.807, 2.05) is 0 Å². The van der Waals surface area contributed by atoms with Crippen molar-refractivity contribution in [2.24, 2.45) is 11.1 Å². The average Bonchev–Trinajstić information content (AvgIpc) is 2.30. The summed E-state index contributed by atoms with van der Waals surface area (Å²) in [4.78, 5) is 12.1. The standard InChI is InChI=1S/C13H25NO/c1-2-3-5-8-12(15)13(11-14)9-6-4-7-10-13/h2-11,14H2,1H3. The van der Waals surface area contributed by atoms with Crippen LogP contribution in [-0.4, -0.2) is 12.3 Å². The molecule has 0 aromatic rings. The molecule has 0 radical (unpaired) electrons. The van der Waals surface area contributed by atoms with E-state index in [1.54, 1.807) is 0 Å². The molecule has 0 saturated heterocycles. The summed E-state index contributed by atoms with van der Waals surface area (Å²) >= 11 is 0. The molecule has 0 bridgehead atoms. The highest BCUT2D eigenvalue weighted by Gasteiger charge is 2.36. The number of ketones is 1. The third-order valence-corrected chi connectivity index (χ3v) is 3.80. The normalized spacial score (nSPS) is 20.1. The van der Waals surface area contributed by atoms with Gasteiger partial charge in [0.15, 0.2) is 0 Å². The molecule has 1 fully saturated rings. The highest BCUT2D eigenvalue weighted by molar-refractivity contribution is 5.85. The Balaban J connectivity index is 2.45. The lowest BCUT2D eigenvalue weighted by Gasteiger charge is -2.34. The van der Waals surface area contributed by atoms with Gasteiger partial charge in [-0.05, 0) is 19.3 Å². The van der Waals surface area contributed by atoms with Gasteiger partial charge in [-0.15, -0.1) is 0 Å². The zero-order chi connectivity index (χ0) is 11.1. The van der Waals surface area contributed by atoms with Gasteiger partial charge in [-0.25, -0.2) is 0 Å². The second-order valence-electron chi connectivity index (χ2n) is 4.93. The lowest BCUT2D eigenvalue weighted by molar-refractivity contribution is -0.130. The van der Waals surface area contributed by atoms with Gasteiger partial charge < -0.3 is 5.73 Å². The van der Waals surface area contributed by atoms with Gasteiger partial charge in [-0.2, -0.15) is 0 Å². The van der Waals surface area contributed by atoms with Crippen LogP contribution in [-0.2, 0) is 4.79 Å². The molecule has 1 rings (SSSR count). The monoisotopic (exact) mass is 211 g/mol. The first-order chi connectivity index (χ1) is 7.25. The summed E-state index contributed by atoms with van der Waals surface area (Å²) in [5, 5.41) is 0. The van der Waals surface area contributed by atoms with Crippen LogP contribution in [0.25, 0.3) is 0 Å². The fraction of sp³-hybridized carbons (Fsp3) is 0.923. The van der Waals surface area contributed by atoms with Gasteiger partial charge in [0.2, 0.25) is 0 Å². The highest BCUT2D eigenvalue weighted by atomic mass is 16.1. The molecule has 88 valence electrons. The van der Waals surface area contributed by atoms with Crippen LogP contribution in [0.2, 0.25) is 0 Å². The van der Waals surface area contributed by atoms with Crippen molar-refractivity contribution in [3.8, 4) is 0 Å². The van der Waals surface area contributed by atoms with Crippen molar-refractivity contribution in [1.29, 1.82) is 0 Å². The second kappa shape index (κ2) is 6.26.